The van der Waals surface area contributed by atoms with Gasteiger partial charge in [0.1, 0.15) is 0 Å². The zero-order chi connectivity index (χ0) is 10.7. The fourth-order valence-corrected chi connectivity index (χ4v) is 2.63. The van der Waals surface area contributed by atoms with Gasteiger partial charge in [-0.2, -0.15) is 0 Å². The first kappa shape index (κ1) is 10.7. The third-order valence-corrected chi connectivity index (χ3v) is 3.58. The molecule has 15 heavy (non-hydrogen) atoms. The van der Waals surface area contributed by atoms with E-state index in [-0.39, 0.29) is 18.1 Å². The lowest BCUT2D eigenvalue weighted by atomic mass is 10.2. The van der Waals surface area contributed by atoms with E-state index in [4.69, 9.17) is 5.73 Å². The maximum absolute atomic E-state index is 11.6. The van der Waals surface area contributed by atoms with Gasteiger partial charge in [-0.05, 0) is 32.1 Å². The zero-order valence-corrected chi connectivity index (χ0v) is 9.17. The summed E-state index contributed by atoms with van der Waals surface area (Å²) in [6.07, 6.45) is 7.94. The molecular formula is C11H21N3O. The zero-order valence-electron chi connectivity index (χ0n) is 9.17. The number of nitrogens with two attached hydrogens (primary N) is 1. The number of urea groups is 1. The minimum Gasteiger partial charge on any atom is -0.335 e. The van der Waals surface area contributed by atoms with Gasteiger partial charge in [-0.3, -0.25) is 0 Å². The van der Waals surface area contributed by atoms with Crippen LogP contribution in [0.4, 0.5) is 4.79 Å². The summed E-state index contributed by atoms with van der Waals surface area (Å²) < 4.78 is 0. The SMILES string of the molecule is NC1CCCC1NC(=O)NC1CCCC1. The van der Waals surface area contributed by atoms with Crippen LogP contribution in [0.1, 0.15) is 44.9 Å². The Labute approximate surface area is 91.0 Å². The molecule has 0 saturated heterocycles. The number of hydrogen-bond acceptors (Lipinski definition) is 2. The summed E-state index contributed by atoms with van der Waals surface area (Å²) in [6, 6.07) is 0.706. The van der Waals surface area contributed by atoms with E-state index in [1.54, 1.807) is 0 Å². The van der Waals surface area contributed by atoms with Gasteiger partial charge in [0, 0.05) is 18.1 Å². The molecule has 86 valence electrons. The summed E-state index contributed by atoms with van der Waals surface area (Å²) >= 11 is 0. The van der Waals surface area contributed by atoms with Crippen molar-refractivity contribution in [1.82, 2.24) is 10.6 Å². The number of rotatable bonds is 2. The van der Waals surface area contributed by atoms with Crippen molar-refractivity contribution in [3.8, 4) is 0 Å². The van der Waals surface area contributed by atoms with Crippen LogP contribution in [0.3, 0.4) is 0 Å². The highest BCUT2D eigenvalue weighted by molar-refractivity contribution is 5.74. The molecule has 0 bridgehead atoms. The van der Waals surface area contributed by atoms with Crippen LogP contribution < -0.4 is 16.4 Å². The molecule has 0 aromatic heterocycles. The van der Waals surface area contributed by atoms with Crippen LogP contribution in [0, 0.1) is 0 Å². The van der Waals surface area contributed by atoms with Gasteiger partial charge in [-0.1, -0.05) is 12.8 Å². The molecule has 2 saturated carbocycles. The van der Waals surface area contributed by atoms with Gasteiger partial charge in [-0.15, -0.1) is 0 Å². The van der Waals surface area contributed by atoms with Gasteiger partial charge < -0.3 is 16.4 Å². The standard InChI is InChI=1S/C11H21N3O/c12-9-6-3-7-10(9)14-11(15)13-8-4-1-2-5-8/h8-10H,1-7,12H2,(H2,13,14,15). The topological polar surface area (TPSA) is 67.1 Å². The monoisotopic (exact) mass is 211 g/mol. The fraction of sp³-hybridized carbons (Fsp3) is 0.909. The maximum atomic E-state index is 11.6. The molecular weight excluding hydrogens is 190 g/mol. The molecule has 2 fully saturated rings. The predicted octanol–water partition coefficient (Wildman–Crippen LogP) is 1.11. The van der Waals surface area contributed by atoms with Crippen molar-refractivity contribution in [1.29, 1.82) is 0 Å². The summed E-state index contributed by atoms with van der Waals surface area (Å²) in [6.45, 7) is 0. The molecule has 0 aliphatic heterocycles. The van der Waals surface area contributed by atoms with Crippen molar-refractivity contribution in [3.05, 3.63) is 0 Å². The quantitative estimate of drug-likeness (QED) is 0.640. The molecule has 2 aliphatic rings. The van der Waals surface area contributed by atoms with Gasteiger partial charge in [0.15, 0.2) is 0 Å². The summed E-state index contributed by atoms with van der Waals surface area (Å²) in [7, 11) is 0. The van der Waals surface area contributed by atoms with Gasteiger partial charge >= 0.3 is 6.03 Å². The molecule has 4 N–H and O–H groups in total. The molecule has 0 radical (unpaired) electrons. The van der Waals surface area contributed by atoms with E-state index in [1.807, 2.05) is 0 Å². The number of hydrogen-bond donors (Lipinski definition) is 3. The lowest BCUT2D eigenvalue weighted by Gasteiger charge is -2.19. The van der Waals surface area contributed by atoms with E-state index < -0.39 is 0 Å². The minimum atomic E-state index is -0.0238. The van der Waals surface area contributed by atoms with Crippen LogP contribution >= 0.6 is 0 Å². The Bertz CT molecular complexity index is 226. The van der Waals surface area contributed by atoms with Crippen LogP contribution in [0.2, 0.25) is 0 Å². The molecule has 4 heteroatoms. The molecule has 2 amide bonds. The van der Waals surface area contributed by atoms with Crippen molar-refractivity contribution in [2.24, 2.45) is 5.73 Å². The number of nitrogens with one attached hydrogen (secondary N) is 2. The van der Waals surface area contributed by atoms with E-state index in [2.05, 4.69) is 10.6 Å². The average molecular weight is 211 g/mol. The van der Waals surface area contributed by atoms with Crippen molar-refractivity contribution < 1.29 is 4.79 Å². The Balaban J connectivity index is 1.71. The Morgan fingerprint density at radius 1 is 1.00 bits per heavy atom. The molecule has 0 aromatic rings. The molecule has 2 aliphatic carbocycles. The van der Waals surface area contributed by atoms with Crippen molar-refractivity contribution in [2.75, 3.05) is 0 Å². The van der Waals surface area contributed by atoms with Crippen molar-refractivity contribution in [3.63, 3.8) is 0 Å². The van der Waals surface area contributed by atoms with Crippen LogP contribution in [0.5, 0.6) is 0 Å². The third kappa shape index (κ3) is 2.84. The second kappa shape index (κ2) is 4.84. The Hall–Kier alpha value is -0.770. The highest BCUT2D eigenvalue weighted by Crippen LogP contribution is 2.19. The van der Waals surface area contributed by atoms with Gasteiger partial charge in [-0.25, -0.2) is 4.79 Å². The highest BCUT2D eigenvalue weighted by Gasteiger charge is 2.26. The van der Waals surface area contributed by atoms with E-state index in [0.29, 0.717) is 6.04 Å². The van der Waals surface area contributed by atoms with Crippen LogP contribution in [-0.2, 0) is 0 Å². The van der Waals surface area contributed by atoms with Gasteiger partial charge in [0.2, 0.25) is 0 Å². The van der Waals surface area contributed by atoms with E-state index >= 15 is 0 Å². The second-order valence-electron chi connectivity index (χ2n) is 4.80. The molecule has 0 aromatic carbocycles. The Morgan fingerprint density at radius 3 is 2.33 bits per heavy atom. The molecule has 2 rings (SSSR count). The first-order valence-electron chi connectivity index (χ1n) is 6.08. The lowest BCUT2D eigenvalue weighted by molar-refractivity contribution is 0.232. The van der Waals surface area contributed by atoms with E-state index in [0.717, 1.165) is 32.1 Å². The minimum absolute atomic E-state index is 0.0238. The summed E-state index contributed by atoms with van der Waals surface area (Å²) in [5, 5.41) is 6.00. The number of amides is 2. The number of carbonyl (C=O) groups is 1. The first-order chi connectivity index (χ1) is 7.25. The second-order valence-corrected chi connectivity index (χ2v) is 4.80. The fourth-order valence-electron chi connectivity index (χ4n) is 2.63. The third-order valence-electron chi connectivity index (χ3n) is 3.58. The molecule has 4 nitrogen and oxygen atoms in total. The predicted molar refractivity (Wildman–Crippen MR) is 59.5 cm³/mol. The van der Waals surface area contributed by atoms with E-state index in [9.17, 15) is 4.79 Å². The summed E-state index contributed by atoms with van der Waals surface area (Å²) in [5.74, 6) is 0. The largest absolute Gasteiger partial charge is 0.335 e. The van der Waals surface area contributed by atoms with Gasteiger partial charge in [0.25, 0.3) is 0 Å². The number of carbonyl (C=O) groups excluding carboxylic acids is 1. The average Bonchev–Trinajstić information content (AvgIpc) is 2.79. The summed E-state index contributed by atoms with van der Waals surface area (Å²) in [4.78, 5) is 11.6. The molecule has 2 atom stereocenters. The lowest BCUT2D eigenvalue weighted by Crippen LogP contribution is -2.50. The first-order valence-corrected chi connectivity index (χ1v) is 6.08. The maximum Gasteiger partial charge on any atom is 0.315 e. The van der Waals surface area contributed by atoms with Crippen molar-refractivity contribution in [2.45, 2.75) is 63.1 Å². The van der Waals surface area contributed by atoms with Crippen molar-refractivity contribution >= 4 is 6.03 Å². The van der Waals surface area contributed by atoms with Crippen LogP contribution in [0.25, 0.3) is 0 Å². The normalized spacial score (nSPS) is 31.8. The summed E-state index contributed by atoms with van der Waals surface area (Å²) in [5.41, 5.74) is 5.89. The van der Waals surface area contributed by atoms with E-state index in [1.165, 1.54) is 12.8 Å². The molecule has 2 unspecified atom stereocenters. The Kier molecular flexibility index (Phi) is 3.46. The molecule has 0 spiro atoms. The highest BCUT2D eigenvalue weighted by atomic mass is 16.2. The Morgan fingerprint density at radius 2 is 1.73 bits per heavy atom. The smallest absolute Gasteiger partial charge is 0.315 e. The van der Waals surface area contributed by atoms with Crippen LogP contribution in [0.15, 0.2) is 0 Å². The van der Waals surface area contributed by atoms with Crippen LogP contribution in [-0.4, -0.2) is 24.2 Å². The molecule has 0 heterocycles. The van der Waals surface area contributed by atoms with Gasteiger partial charge in [0.05, 0.1) is 0 Å².